The molecule has 1 aliphatic rings. The van der Waals surface area contributed by atoms with Crippen molar-refractivity contribution < 1.29 is 17.9 Å². The van der Waals surface area contributed by atoms with Gasteiger partial charge in [-0.15, -0.1) is 0 Å². The summed E-state index contributed by atoms with van der Waals surface area (Å²) in [5.41, 5.74) is 0. The van der Waals surface area contributed by atoms with Gasteiger partial charge in [0, 0.05) is 29.9 Å². The summed E-state index contributed by atoms with van der Waals surface area (Å²) in [6.45, 7) is -0.180. The van der Waals surface area contributed by atoms with Crippen LogP contribution in [0.2, 0.25) is 5.02 Å². The maximum Gasteiger partial charge on any atom is 0.275 e. The standard InChI is InChI=1S/C18H21ClN2O4S/c1-20(2)21(13-9-10-26(23,24)12-13)18(22)11-25-17-8-7-16(19)14-5-3-4-6-15(14)17/h3-8,13H,9-12H2,1-2H3. The number of fused-ring (bicyclic) bond motifs is 1. The van der Waals surface area contributed by atoms with E-state index in [0.29, 0.717) is 17.2 Å². The molecule has 26 heavy (non-hydrogen) atoms. The number of hydrogen-bond acceptors (Lipinski definition) is 5. The van der Waals surface area contributed by atoms with E-state index >= 15 is 0 Å². The number of benzene rings is 2. The van der Waals surface area contributed by atoms with Crippen molar-refractivity contribution in [3.63, 3.8) is 0 Å². The molecule has 1 fully saturated rings. The number of carbonyl (C=O) groups excluding carboxylic acids is 1. The van der Waals surface area contributed by atoms with Crippen LogP contribution in [0.25, 0.3) is 10.8 Å². The van der Waals surface area contributed by atoms with Crippen molar-refractivity contribution in [2.24, 2.45) is 0 Å². The maximum absolute atomic E-state index is 12.7. The van der Waals surface area contributed by atoms with E-state index in [1.165, 1.54) is 5.01 Å². The number of halogens is 1. The minimum atomic E-state index is -3.08. The van der Waals surface area contributed by atoms with Gasteiger partial charge in [-0.05, 0) is 18.6 Å². The first kappa shape index (κ1) is 18.9. The average Bonchev–Trinajstić information content (AvgIpc) is 2.94. The number of rotatable bonds is 5. The third kappa shape index (κ3) is 3.95. The van der Waals surface area contributed by atoms with Gasteiger partial charge in [0.25, 0.3) is 5.91 Å². The number of hydrazine groups is 1. The van der Waals surface area contributed by atoms with Crippen LogP contribution in [0.15, 0.2) is 36.4 Å². The molecule has 0 aromatic heterocycles. The molecule has 1 atom stereocenters. The quantitative estimate of drug-likeness (QED) is 0.726. The first-order valence-electron chi connectivity index (χ1n) is 8.28. The Hall–Kier alpha value is -1.83. The molecule has 2 aromatic rings. The molecule has 0 aliphatic carbocycles. The molecule has 2 aromatic carbocycles. The lowest BCUT2D eigenvalue weighted by Crippen LogP contribution is -2.51. The second-order valence-electron chi connectivity index (χ2n) is 6.52. The number of nitrogens with zero attached hydrogens (tertiary/aromatic N) is 2. The Morgan fingerprint density at radius 2 is 1.88 bits per heavy atom. The fraction of sp³-hybridized carbons (Fsp3) is 0.389. The highest BCUT2D eigenvalue weighted by atomic mass is 35.5. The Morgan fingerprint density at radius 3 is 2.50 bits per heavy atom. The third-order valence-electron chi connectivity index (χ3n) is 4.42. The molecule has 8 heteroatoms. The lowest BCUT2D eigenvalue weighted by molar-refractivity contribution is -0.151. The van der Waals surface area contributed by atoms with E-state index in [0.717, 1.165) is 10.8 Å². The monoisotopic (exact) mass is 396 g/mol. The molecule has 1 amide bonds. The Balaban J connectivity index is 1.76. The Labute approximate surface area is 158 Å². The van der Waals surface area contributed by atoms with E-state index in [-0.39, 0.29) is 30.1 Å². The number of hydrogen-bond donors (Lipinski definition) is 0. The van der Waals surface area contributed by atoms with Crippen LogP contribution in [0.5, 0.6) is 5.75 Å². The van der Waals surface area contributed by atoms with E-state index in [1.807, 2.05) is 24.3 Å². The highest BCUT2D eigenvalue weighted by molar-refractivity contribution is 7.91. The SMILES string of the molecule is CN(C)N(C(=O)COc1ccc(Cl)c2ccccc12)C1CCS(=O)(=O)C1. The summed E-state index contributed by atoms with van der Waals surface area (Å²) in [6.07, 6.45) is 0.441. The zero-order valence-corrected chi connectivity index (χ0v) is 16.3. The fourth-order valence-electron chi connectivity index (χ4n) is 3.29. The smallest absolute Gasteiger partial charge is 0.275 e. The van der Waals surface area contributed by atoms with E-state index < -0.39 is 9.84 Å². The number of amides is 1. The summed E-state index contributed by atoms with van der Waals surface area (Å²) in [4.78, 5) is 12.7. The number of sulfone groups is 1. The van der Waals surface area contributed by atoms with Gasteiger partial charge in [0.05, 0.1) is 17.5 Å². The maximum atomic E-state index is 12.7. The second-order valence-corrected chi connectivity index (χ2v) is 9.16. The molecular formula is C18H21ClN2O4S. The summed E-state index contributed by atoms with van der Waals surface area (Å²) >= 11 is 6.20. The van der Waals surface area contributed by atoms with Gasteiger partial charge in [0.15, 0.2) is 16.4 Å². The summed E-state index contributed by atoms with van der Waals surface area (Å²) < 4.78 is 29.2. The van der Waals surface area contributed by atoms with Gasteiger partial charge >= 0.3 is 0 Å². The molecule has 0 N–H and O–H groups in total. The van der Waals surface area contributed by atoms with Crippen LogP contribution in [0, 0.1) is 0 Å². The van der Waals surface area contributed by atoms with Crippen LogP contribution in [0.1, 0.15) is 6.42 Å². The van der Waals surface area contributed by atoms with Gasteiger partial charge in [-0.3, -0.25) is 9.80 Å². The lowest BCUT2D eigenvalue weighted by atomic mass is 10.1. The van der Waals surface area contributed by atoms with Crippen LogP contribution in [-0.4, -0.2) is 62.6 Å². The molecular weight excluding hydrogens is 376 g/mol. The van der Waals surface area contributed by atoms with Crippen molar-refractivity contribution in [1.29, 1.82) is 0 Å². The molecule has 1 heterocycles. The van der Waals surface area contributed by atoms with Crippen LogP contribution in [0.4, 0.5) is 0 Å². The topological polar surface area (TPSA) is 66.9 Å². The molecule has 140 valence electrons. The van der Waals surface area contributed by atoms with E-state index in [4.69, 9.17) is 16.3 Å². The van der Waals surface area contributed by atoms with Gasteiger partial charge in [0.1, 0.15) is 5.75 Å². The molecule has 1 unspecified atom stereocenters. The predicted molar refractivity (Wildman–Crippen MR) is 102 cm³/mol. The number of carbonyl (C=O) groups is 1. The first-order chi connectivity index (χ1) is 12.3. The van der Waals surface area contributed by atoms with E-state index in [9.17, 15) is 13.2 Å². The van der Waals surface area contributed by atoms with Crippen molar-refractivity contribution in [3.05, 3.63) is 41.4 Å². The molecule has 0 radical (unpaired) electrons. The molecule has 6 nitrogen and oxygen atoms in total. The molecule has 3 rings (SSSR count). The highest BCUT2D eigenvalue weighted by Gasteiger charge is 2.36. The van der Waals surface area contributed by atoms with Crippen LogP contribution in [0.3, 0.4) is 0 Å². The largest absolute Gasteiger partial charge is 0.483 e. The van der Waals surface area contributed by atoms with Gasteiger partial charge in [-0.1, -0.05) is 35.9 Å². The van der Waals surface area contributed by atoms with Crippen molar-refractivity contribution >= 4 is 38.1 Å². The van der Waals surface area contributed by atoms with E-state index in [2.05, 4.69) is 0 Å². The summed E-state index contributed by atoms with van der Waals surface area (Å²) in [5.74, 6) is 0.380. The van der Waals surface area contributed by atoms with Gasteiger partial charge < -0.3 is 4.74 Å². The highest BCUT2D eigenvalue weighted by Crippen LogP contribution is 2.31. The zero-order valence-electron chi connectivity index (χ0n) is 14.7. The third-order valence-corrected chi connectivity index (χ3v) is 6.50. The number of ether oxygens (including phenoxy) is 1. The fourth-order valence-corrected chi connectivity index (χ4v) is 5.21. The van der Waals surface area contributed by atoms with Crippen molar-refractivity contribution in [1.82, 2.24) is 10.0 Å². The molecule has 1 aliphatic heterocycles. The van der Waals surface area contributed by atoms with Crippen molar-refractivity contribution in [2.45, 2.75) is 12.5 Å². The van der Waals surface area contributed by atoms with Crippen LogP contribution >= 0.6 is 11.6 Å². The normalized spacial score (nSPS) is 19.0. The van der Waals surface area contributed by atoms with Crippen LogP contribution in [-0.2, 0) is 14.6 Å². The minimum Gasteiger partial charge on any atom is -0.483 e. The molecule has 1 saturated heterocycles. The lowest BCUT2D eigenvalue weighted by Gasteiger charge is -2.33. The first-order valence-corrected chi connectivity index (χ1v) is 10.5. The summed E-state index contributed by atoms with van der Waals surface area (Å²) in [5, 5.41) is 5.39. The van der Waals surface area contributed by atoms with E-state index in [1.54, 1.807) is 31.2 Å². The van der Waals surface area contributed by atoms with Crippen molar-refractivity contribution in [3.8, 4) is 5.75 Å². The Kier molecular flexibility index (Phi) is 5.41. The molecule has 0 spiro atoms. The zero-order chi connectivity index (χ0) is 18.9. The van der Waals surface area contributed by atoms with Gasteiger partial charge in [0.2, 0.25) is 0 Å². The Morgan fingerprint density at radius 1 is 1.19 bits per heavy atom. The molecule has 0 bridgehead atoms. The summed E-state index contributed by atoms with van der Waals surface area (Å²) in [6, 6.07) is 10.7. The Bertz CT molecular complexity index is 930. The predicted octanol–water partition coefficient (Wildman–Crippen LogP) is 2.36. The minimum absolute atomic E-state index is 0.0131. The summed E-state index contributed by atoms with van der Waals surface area (Å²) in [7, 11) is 0.361. The second kappa shape index (κ2) is 7.42. The van der Waals surface area contributed by atoms with Gasteiger partial charge in [-0.2, -0.15) is 0 Å². The average molecular weight is 397 g/mol. The van der Waals surface area contributed by atoms with Crippen LogP contribution < -0.4 is 4.74 Å². The van der Waals surface area contributed by atoms with Crippen molar-refractivity contribution in [2.75, 3.05) is 32.2 Å². The molecule has 0 saturated carbocycles. The van der Waals surface area contributed by atoms with Gasteiger partial charge in [-0.25, -0.2) is 13.4 Å².